The van der Waals surface area contributed by atoms with Crippen LogP contribution in [0.15, 0.2) is 6.07 Å². The molecule has 1 aromatic rings. The van der Waals surface area contributed by atoms with Gasteiger partial charge in [-0.3, -0.25) is 0 Å². The Hall–Kier alpha value is -1.16. The Morgan fingerprint density at radius 3 is 2.42 bits per heavy atom. The summed E-state index contributed by atoms with van der Waals surface area (Å²) in [6.45, 7) is 15.3. The highest BCUT2D eigenvalue weighted by Crippen LogP contribution is 2.22. The predicted octanol–water partition coefficient (Wildman–Crippen LogP) is 2.72. The summed E-state index contributed by atoms with van der Waals surface area (Å²) in [4.78, 5) is 11.5. The van der Waals surface area contributed by atoms with E-state index in [0.717, 1.165) is 30.4 Å². The average molecular weight is 264 g/mol. The van der Waals surface area contributed by atoms with Crippen LogP contribution in [0, 0.1) is 12.3 Å². The van der Waals surface area contributed by atoms with Crippen LogP contribution in [-0.2, 0) is 0 Å². The normalized spacial score (nSPS) is 12.0. The molecule has 0 radical (unpaired) electrons. The molecule has 0 aromatic carbocycles. The Morgan fingerprint density at radius 1 is 1.32 bits per heavy atom. The first-order valence-corrected chi connectivity index (χ1v) is 7.09. The second-order valence-corrected chi connectivity index (χ2v) is 6.26. The van der Waals surface area contributed by atoms with Crippen molar-refractivity contribution < 1.29 is 0 Å². The summed E-state index contributed by atoms with van der Waals surface area (Å²) in [5.41, 5.74) is 6.95. The number of aryl methyl sites for hydroxylation is 1. The number of nitrogens with two attached hydrogens (primary N) is 1. The molecule has 0 unspecified atom stereocenters. The van der Waals surface area contributed by atoms with Gasteiger partial charge in [0.2, 0.25) is 0 Å². The Labute approximate surface area is 117 Å². The van der Waals surface area contributed by atoms with Crippen molar-refractivity contribution in [2.24, 2.45) is 11.1 Å². The number of hydrogen-bond donors (Lipinski definition) is 1. The van der Waals surface area contributed by atoms with Crippen LogP contribution in [0.5, 0.6) is 0 Å². The second kappa shape index (κ2) is 6.33. The molecule has 0 bridgehead atoms. The summed E-state index contributed by atoms with van der Waals surface area (Å²) in [6, 6.07) is 2.06. The van der Waals surface area contributed by atoms with E-state index in [4.69, 9.17) is 10.7 Å². The number of hydrogen-bond acceptors (Lipinski definition) is 4. The molecule has 0 spiro atoms. The fourth-order valence-corrected chi connectivity index (χ4v) is 1.93. The van der Waals surface area contributed by atoms with E-state index in [0.29, 0.717) is 12.5 Å². The van der Waals surface area contributed by atoms with Crippen LogP contribution in [-0.4, -0.2) is 29.6 Å². The van der Waals surface area contributed by atoms with E-state index in [1.165, 1.54) is 0 Å². The Bertz CT molecular complexity index is 413. The van der Waals surface area contributed by atoms with Gasteiger partial charge in [-0.1, -0.05) is 27.7 Å². The molecule has 1 aromatic heterocycles. The lowest BCUT2D eigenvalue weighted by molar-refractivity contribution is 0.378. The first-order valence-electron chi connectivity index (χ1n) is 7.09. The van der Waals surface area contributed by atoms with Crippen LogP contribution >= 0.6 is 0 Å². The van der Waals surface area contributed by atoms with E-state index in [1.807, 2.05) is 6.92 Å². The van der Waals surface area contributed by atoms with Gasteiger partial charge in [0.1, 0.15) is 11.6 Å². The molecular formula is C15H28N4. The molecule has 1 rings (SSSR count). The average Bonchev–Trinajstić information content (AvgIpc) is 2.35. The van der Waals surface area contributed by atoms with E-state index < -0.39 is 0 Å². The number of aromatic nitrogens is 2. The van der Waals surface area contributed by atoms with Gasteiger partial charge in [-0.05, 0) is 25.8 Å². The van der Waals surface area contributed by atoms with E-state index in [2.05, 4.69) is 50.6 Å². The molecule has 0 atom stereocenters. The largest absolute Gasteiger partial charge is 0.356 e. The maximum atomic E-state index is 5.84. The zero-order chi connectivity index (χ0) is 14.6. The minimum atomic E-state index is 0.0901. The molecule has 19 heavy (non-hydrogen) atoms. The lowest BCUT2D eigenvalue weighted by atomic mass is 9.93. The van der Waals surface area contributed by atoms with Gasteiger partial charge in [-0.15, -0.1) is 0 Å². The highest BCUT2D eigenvalue weighted by molar-refractivity contribution is 5.40. The highest BCUT2D eigenvalue weighted by atomic mass is 15.2. The summed E-state index contributed by atoms with van der Waals surface area (Å²) in [6.07, 6.45) is 0. The zero-order valence-corrected chi connectivity index (χ0v) is 13.2. The van der Waals surface area contributed by atoms with Gasteiger partial charge in [-0.25, -0.2) is 9.97 Å². The van der Waals surface area contributed by atoms with Crippen LogP contribution in [0.3, 0.4) is 0 Å². The minimum absolute atomic E-state index is 0.0901. The van der Waals surface area contributed by atoms with Crippen molar-refractivity contribution in [1.82, 2.24) is 9.97 Å². The standard InChI is InChI=1S/C15H28N4/c1-7-19(10-15(5,6)9-16)13-8-12(4)17-14(18-13)11(2)3/h8,11H,7,9-10,16H2,1-6H3. The molecule has 2 N–H and O–H groups in total. The first-order chi connectivity index (χ1) is 8.79. The van der Waals surface area contributed by atoms with Gasteiger partial charge in [0.15, 0.2) is 0 Å². The molecule has 108 valence electrons. The van der Waals surface area contributed by atoms with E-state index in [1.54, 1.807) is 0 Å². The second-order valence-electron chi connectivity index (χ2n) is 6.26. The number of anilines is 1. The van der Waals surface area contributed by atoms with Crippen LogP contribution in [0.2, 0.25) is 0 Å². The summed E-state index contributed by atoms with van der Waals surface area (Å²) in [5, 5.41) is 0. The topological polar surface area (TPSA) is 55.0 Å². The smallest absolute Gasteiger partial charge is 0.133 e. The third kappa shape index (κ3) is 4.46. The van der Waals surface area contributed by atoms with Crippen LogP contribution in [0.1, 0.15) is 52.1 Å². The molecule has 4 heteroatoms. The Morgan fingerprint density at radius 2 is 1.95 bits per heavy atom. The first kappa shape index (κ1) is 15.9. The number of rotatable bonds is 6. The van der Waals surface area contributed by atoms with Crippen LogP contribution in [0.25, 0.3) is 0 Å². The van der Waals surface area contributed by atoms with E-state index >= 15 is 0 Å². The quantitative estimate of drug-likeness (QED) is 0.858. The van der Waals surface area contributed by atoms with Crippen LogP contribution in [0.4, 0.5) is 5.82 Å². The van der Waals surface area contributed by atoms with Crippen molar-refractivity contribution in [3.63, 3.8) is 0 Å². The summed E-state index contributed by atoms with van der Waals surface area (Å²) in [7, 11) is 0. The van der Waals surface area contributed by atoms with Gasteiger partial charge >= 0.3 is 0 Å². The highest BCUT2D eigenvalue weighted by Gasteiger charge is 2.21. The van der Waals surface area contributed by atoms with Crippen molar-refractivity contribution in [3.8, 4) is 0 Å². The fraction of sp³-hybridized carbons (Fsp3) is 0.733. The number of nitrogens with zero attached hydrogens (tertiary/aromatic N) is 3. The van der Waals surface area contributed by atoms with Gasteiger partial charge in [0.05, 0.1) is 0 Å². The maximum absolute atomic E-state index is 5.84. The van der Waals surface area contributed by atoms with Crippen molar-refractivity contribution in [2.45, 2.75) is 47.5 Å². The summed E-state index contributed by atoms with van der Waals surface area (Å²) in [5.74, 6) is 2.28. The molecule has 0 aliphatic heterocycles. The van der Waals surface area contributed by atoms with Crippen molar-refractivity contribution in [2.75, 3.05) is 24.5 Å². The Balaban J connectivity index is 3.04. The molecule has 0 saturated heterocycles. The monoisotopic (exact) mass is 264 g/mol. The Kier molecular flexibility index (Phi) is 5.29. The molecule has 0 fully saturated rings. The molecule has 1 heterocycles. The predicted molar refractivity (Wildman–Crippen MR) is 81.6 cm³/mol. The zero-order valence-electron chi connectivity index (χ0n) is 13.2. The molecule has 0 saturated carbocycles. The molecule has 0 aliphatic rings. The van der Waals surface area contributed by atoms with Crippen molar-refractivity contribution in [1.29, 1.82) is 0 Å². The SMILES string of the molecule is CCN(CC(C)(C)CN)c1cc(C)nc(C(C)C)n1. The van der Waals surface area contributed by atoms with Gasteiger partial charge in [-0.2, -0.15) is 0 Å². The van der Waals surface area contributed by atoms with Gasteiger partial charge < -0.3 is 10.6 Å². The van der Waals surface area contributed by atoms with Crippen molar-refractivity contribution in [3.05, 3.63) is 17.6 Å². The molecular weight excluding hydrogens is 236 g/mol. The van der Waals surface area contributed by atoms with Gasteiger partial charge in [0, 0.05) is 30.8 Å². The molecule has 4 nitrogen and oxygen atoms in total. The maximum Gasteiger partial charge on any atom is 0.133 e. The van der Waals surface area contributed by atoms with Gasteiger partial charge in [0.25, 0.3) is 0 Å². The van der Waals surface area contributed by atoms with E-state index in [-0.39, 0.29) is 5.41 Å². The fourth-order valence-electron chi connectivity index (χ4n) is 1.93. The minimum Gasteiger partial charge on any atom is -0.356 e. The summed E-state index contributed by atoms with van der Waals surface area (Å²) >= 11 is 0. The third-order valence-electron chi connectivity index (χ3n) is 3.25. The molecule has 0 aliphatic carbocycles. The summed E-state index contributed by atoms with van der Waals surface area (Å²) < 4.78 is 0. The lowest BCUT2D eigenvalue weighted by Crippen LogP contribution is -2.39. The van der Waals surface area contributed by atoms with Crippen LogP contribution < -0.4 is 10.6 Å². The third-order valence-corrected chi connectivity index (χ3v) is 3.25. The molecule has 0 amide bonds. The van der Waals surface area contributed by atoms with Crippen molar-refractivity contribution >= 4 is 5.82 Å². The van der Waals surface area contributed by atoms with E-state index in [9.17, 15) is 0 Å². The lowest BCUT2D eigenvalue weighted by Gasteiger charge is -2.32.